The van der Waals surface area contributed by atoms with E-state index in [1.807, 2.05) is 31.2 Å². The zero-order chi connectivity index (χ0) is 19.6. The highest BCUT2D eigenvalue weighted by Crippen LogP contribution is 2.30. The Kier molecular flexibility index (Phi) is 5.03. The fraction of sp³-hybridized carbons (Fsp3) is 0.200. The second-order valence-electron chi connectivity index (χ2n) is 6.26. The lowest BCUT2D eigenvalue weighted by Gasteiger charge is -2.15. The second kappa shape index (κ2) is 7.26. The van der Waals surface area contributed by atoms with Crippen molar-refractivity contribution < 1.29 is 22.5 Å². The molecule has 0 spiro atoms. The van der Waals surface area contributed by atoms with Gasteiger partial charge in [-0.2, -0.15) is 13.2 Å². The lowest BCUT2D eigenvalue weighted by atomic mass is 10.0. The minimum absolute atomic E-state index is 0.0596. The molecule has 4 nitrogen and oxygen atoms in total. The molecule has 7 heteroatoms. The van der Waals surface area contributed by atoms with Gasteiger partial charge in [-0.05, 0) is 31.5 Å². The lowest BCUT2D eigenvalue weighted by molar-refractivity contribution is -0.137. The van der Waals surface area contributed by atoms with Crippen molar-refractivity contribution in [3.05, 3.63) is 77.0 Å². The number of hydrogen-bond acceptors (Lipinski definition) is 3. The molecule has 0 saturated carbocycles. The summed E-state index contributed by atoms with van der Waals surface area (Å²) in [7, 11) is 0. The topological polar surface area (TPSA) is 55.1 Å². The molecule has 0 bridgehead atoms. The predicted octanol–water partition coefficient (Wildman–Crippen LogP) is 5.16. The zero-order valence-corrected chi connectivity index (χ0v) is 14.7. The molecule has 0 aliphatic carbocycles. The van der Waals surface area contributed by atoms with Crippen molar-refractivity contribution in [3.63, 3.8) is 0 Å². The number of aryl methyl sites for hydroxylation is 1. The van der Waals surface area contributed by atoms with Crippen molar-refractivity contribution in [2.45, 2.75) is 26.1 Å². The molecular weight excluding hydrogens is 357 g/mol. The van der Waals surface area contributed by atoms with E-state index in [4.69, 9.17) is 4.52 Å². The molecule has 1 N–H and O–H groups in total. The van der Waals surface area contributed by atoms with Gasteiger partial charge in [0, 0.05) is 11.6 Å². The number of benzene rings is 2. The normalized spacial score (nSPS) is 12.6. The van der Waals surface area contributed by atoms with Crippen LogP contribution < -0.4 is 5.32 Å². The molecule has 0 aliphatic rings. The standard InChI is InChI=1S/C20H17F3N2O2/c1-12-6-8-14(9-7-12)18-11-17(25-27-18)19(26)24-13(2)15-4-3-5-16(10-15)20(21,22)23/h3-11,13H,1-2H3,(H,24,26)/t13-/m1/s1. The van der Waals surface area contributed by atoms with Crippen LogP contribution in [0, 0.1) is 6.92 Å². The van der Waals surface area contributed by atoms with Crippen molar-refractivity contribution in [2.24, 2.45) is 0 Å². The summed E-state index contributed by atoms with van der Waals surface area (Å²) in [4.78, 5) is 12.4. The van der Waals surface area contributed by atoms with Gasteiger partial charge in [-0.15, -0.1) is 0 Å². The SMILES string of the molecule is Cc1ccc(-c2cc(C(=O)N[C@H](C)c3cccc(C(F)(F)F)c3)no2)cc1. The first-order chi connectivity index (χ1) is 12.7. The highest BCUT2D eigenvalue weighted by atomic mass is 19.4. The number of nitrogens with one attached hydrogen (secondary N) is 1. The van der Waals surface area contributed by atoms with E-state index < -0.39 is 23.7 Å². The molecule has 27 heavy (non-hydrogen) atoms. The van der Waals surface area contributed by atoms with Crippen molar-refractivity contribution >= 4 is 5.91 Å². The summed E-state index contributed by atoms with van der Waals surface area (Å²) < 4.78 is 43.7. The molecule has 0 aliphatic heterocycles. The molecule has 1 aromatic heterocycles. The molecule has 3 aromatic rings. The number of carbonyl (C=O) groups excluding carboxylic acids is 1. The third-order valence-corrected chi connectivity index (χ3v) is 4.14. The summed E-state index contributed by atoms with van der Waals surface area (Å²) in [5.41, 5.74) is 1.51. The van der Waals surface area contributed by atoms with E-state index in [9.17, 15) is 18.0 Å². The highest BCUT2D eigenvalue weighted by Gasteiger charge is 2.30. The highest BCUT2D eigenvalue weighted by molar-refractivity contribution is 5.93. The number of amides is 1. The van der Waals surface area contributed by atoms with Crippen LogP contribution in [0.5, 0.6) is 0 Å². The second-order valence-corrected chi connectivity index (χ2v) is 6.26. The van der Waals surface area contributed by atoms with Crippen LogP contribution in [0.4, 0.5) is 13.2 Å². The number of halogens is 3. The quantitative estimate of drug-likeness (QED) is 0.686. The number of hydrogen-bond donors (Lipinski definition) is 1. The van der Waals surface area contributed by atoms with Crippen molar-refractivity contribution in [1.82, 2.24) is 10.5 Å². The van der Waals surface area contributed by atoms with E-state index >= 15 is 0 Å². The van der Waals surface area contributed by atoms with Crippen molar-refractivity contribution in [1.29, 1.82) is 0 Å². The van der Waals surface area contributed by atoms with Gasteiger partial charge in [0.2, 0.25) is 0 Å². The van der Waals surface area contributed by atoms with E-state index in [2.05, 4.69) is 10.5 Å². The third kappa shape index (κ3) is 4.36. The maximum absolute atomic E-state index is 12.8. The Balaban J connectivity index is 1.73. The molecule has 1 amide bonds. The van der Waals surface area contributed by atoms with Gasteiger partial charge in [-0.3, -0.25) is 4.79 Å². The molecule has 3 rings (SSSR count). The largest absolute Gasteiger partial charge is 0.416 e. The number of aromatic nitrogens is 1. The third-order valence-electron chi connectivity index (χ3n) is 4.14. The van der Waals surface area contributed by atoms with Crippen LogP contribution in [0.15, 0.2) is 59.1 Å². The maximum Gasteiger partial charge on any atom is 0.416 e. The number of alkyl halides is 3. The lowest BCUT2D eigenvalue weighted by Crippen LogP contribution is -2.27. The van der Waals surface area contributed by atoms with Crippen LogP contribution in [0.1, 0.15) is 40.1 Å². The average Bonchev–Trinajstić information content (AvgIpc) is 3.12. The zero-order valence-electron chi connectivity index (χ0n) is 14.7. The Hall–Kier alpha value is -3.09. The van der Waals surface area contributed by atoms with Gasteiger partial charge in [-0.1, -0.05) is 47.1 Å². The minimum Gasteiger partial charge on any atom is -0.355 e. The fourth-order valence-corrected chi connectivity index (χ4v) is 2.57. The first kappa shape index (κ1) is 18.7. The van der Waals surface area contributed by atoms with E-state index in [1.165, 1.54) is 18.2 Å². The average molecular weight is 374 g/mol. The van der Waals surface area contributed by atoms with Crippen LogP contribution in [-0.2, 0) is 6.18 Å². The summed E-state index contributed by atoms with van der Waals surface area (Å²) in [5, 5.41) is 6.39. The minimum atomic E-state index is -4.44. The number of rotatable bonds is 4. The van der Waals surface area contributed by atoms with Crippen LogP contribution >= 0.6 is 0 Å². The summed E-state index contributed by atoms with van der Waals surface area (Å²) >= 11 is 0. The van der Waals surface area contributed by atoms with Crippen LogP contribution in [-0.4, -0.2) is 11.1 Å². The Morgan fingerprint density at radius 1 is 1.11 bits per heavy atom. The van der Waals surface area contributed by atoms with Crippen LogP contribution in [0.3, 0.4) is 0 Å². The van der Waals surface area contributed by atoms with E-state index in [0.29, 0.717) is 11.3 Å². The molecule has 0 radical (unpaired) electrons. The molecular formula is C20H17F3N2O2. The fourth-order valence-electron chi connectivity index (χ4n) is 2.57. The van der Waals surface area contributed by atoms with Gasteiger partial charge in [-0.25, -0.2) is 0 Å². The van der Waals surface area contributed by atoms with Gasteiger partial charge in [0.25, 0.3) is 5.91 Å². The summed E-state index contributed by atoms with van der Waals surface area (Å²) in [6.07, 6.45) is -4.44. The number of carbonyl (C=O) groups is 1. The van der Waals surface area contributed by atoms with E-state index in [1.54, 1.807) is 6.92 Å². The molecule has 0 fully saturated rings. The van der Waals surface area contributed by atoms with Gasteiger partial charge >= 0.3 is 6.18 Å². The van der Waals surface area contributed by atoms with Crippen LogP contribution in [0.2, 0.25) is 0 Å². The summed E-state index contributed by atoms with van der Waals surface area (Å²) in [6.45, 7) is 3.56. The molecule has 1 heterocycles. The van der Waals surface area contributed by atoms with Gasteiger partial charge < -0.3 is 9.84 Å². The Bertz CT molecular complexity index is 946. The first-order valence-electron chi connectivity index (χ1n) is 8.26. The predicted molar refractivity (Wildman–Crippen MR) is 94.0 cm³/mol. The Morgan fingerprint density at radius 2 is 1.81 bits per heavy atom. The summed E-state index contributed by atoms with van der Waals surface area (Å²) in [6, 6.07) is 13.2. The van der Waals surface area contributed by atoms with Gasteiger partial charge in [0.15, 0.2) is 11.5 Å². The van der Waals surface area contributed by atoms with E-state index in [-0.39, 0.29) is 5.69 Å². The monoisotopic (exact) mass is 374 g/mol. The smallest absolute Gasteiger partial charge is 0.355 e. The molecule has 0 unspecified atom stereocenters. The van der Waals surface area contributed by atoms with Crippen molar-refractivity contribution in [3.8, 4) is 11.3 Å². The van der Waals surface area contributed by atoms with Crippen LogP contribution in [0.25, 0.3) is 11.3 Å². The number of nitrogens with zero attached hydrogens (tertiary/aromatic N) is 1. The maximum atomic E-state index is 12.8. The molecule has 2 aromatic carbocycles. The summed E-state index contributed by atoms with van der Waals surface area (Å²) in [5.74, 6) is -0.0890. The molecule has 140 valence electrons. The van der Waals surface area contributed by atoms with E-state index in [0.717, 1.165) is 23.3 Å². The van der Waals surface area contributed by atoms with Gasteiger partial charge in [0.05, 0.1) is 11.6 Å². The van der Waals surface area contributed by atoms with Crippen molar-refractivity contribution in [2.75, 3.05) is 0 Å². The first-order valence-corrected chi connectivity index (χ1v) is 8.26. The molecule has 0 saturated heterocycles. The van der Waals surface area contributed by atoms with Gasteiger partial charge in [0.1, 0.15) is 0 Å². The molecule has 1 atom stereocenters. The Labute approximate surface area is 154 Å². The Morgan fingerprint density at radius 3 is 2.48 bits per heavy atom.